The molecule has 6 heteroatoms. The first kappa shape index (κ1) is 19.5. The van der Waals surface area contributed by atoms with E-state index in [1.807, 2.05) is 18.2 Å². The van der Waals surface area contributed by atoms with Gasteiger partial charge in [-0.2, -0.15) is 0 Å². The van der Waals surface area contributed by atoms with Gasteiger partial charge in [0.05, 0.1) is 0 Å². The summed E-state index contributed by atoms with van der Waals surface area (Å²) in [7, 11) is -3.49. The number of benzene rings is 1. The van der Waals surface area contributed by atoms with Crippen molar-refractivity contribution in [3.05, 3.63) is 40.6 Å². The van der Waals surface area contributed by atoms with Gasteiger partial charge in [0.15, 0.2) is 0 Å². The summed E-state index contributed by atoms with van der Waals surface area (Å²) >= 11 is -2.65. The van der Waals surface area contributed by atoms with Gasteiger partial charge in [0, 0.05) is 0 Å². The third-order valence-corrected chi connectivity index (χ3v) is 9.70. The molecule has 0 amide bonds. The monoisotopic (exact) mass is 392 g/mol. The summed E-state index contributed by atoms with van der Waals surface area (Å²) < 4.78 is 37.8. The Kier molecular flexibility index (Phi) is 9.07. The molecule has 0 saturated heterocycles. The molecule has 124 valence electrons. The van der Waals surface area contributed by atoms with Crippen molar-refractivity contribution in [3.8, 4) is 0 Å². The molecule has 0 aromatic heterocycles. The van der Waals surface area contributed by atoms with E-state index in [4.69, 9.17) is 9.05 Å². The predicted molar refractivity (Wildman–Crippen MR) is 91.0 cm³/mol. The van der Waals surface area contributed by atoms with Gasteiger partial charge in [-0.3, -0.25) is 0 Å². The minimum atomic E-state index is -3.49. The Balaban J connectivity index is 3.19. The van der Waals surface area contributed by atoms with Gasteiger partial charge in [-0.05, 0) is 0 Å². The molecule has 0 bridgehead atoms. The van der Waals surface area contributed by atoms with Gasteiger partial charge in [0.1, 0.15) is 0 Å². The van der Waals surface area contributed by atoms with Crippen molar-refractivity contribution in [2.24, 2.45) is 0 Å². The Hall–Kier alpha value is -0.571. The Bertz CT molecular complexity index is 532. The fourth-order valence-corrected chi connectivity index (χ4v) is 7.86. The van der Waals surface area contributed by atoms with E-state index in [9.17, 15) is 8.40 Å². The minimum absolute atomic E-state index is 0.260. The average molecular weight is 391 g/mol. The van der Waals surface area contributed by atoms with Crippen LogP contribution in [0.2, 0.25) is 0 Å². The molecule has 0 N–H and O–H groups in total. The molecule has 0 aliphatic carbocycles. The Morgan fingerprint density at radius 1 is 1.14 bits per heavy atom. The maximum absolute atomic E-state index is 13.0. The van der Waals surface area contributed by atoms with E-state index in [2.05, 4.69) is 6.92 Å². The Morgan fingerprint density at radius 2 is 1.73 bits per heavy atom. The van der Waals surface area contributed by atoms with Gasteiger partial charge in [-0.1, -0.05) is 0 Å². The van der Waals surface area contributed by atoms with Gasteiger partial charge < -0.3 is 0 Å². The molecular formula is C16H25O4PSe. The standard InChI is InChI=1S/C16H25O4PSe/c1-4-7-9-14-16(21(17,19-5-2)20-6-3)22(18)15-12-10-8-11-13-15/h8,10-14H,4-7,9H2,1-3H3/b16-14-. The van der Waals surface area contributed by atoms with Crippen molar-refractivity contribution in [3.63, 3.8) is 0 Å². The molecule has 1 aromatic carbocycles. The second-order valence-corrected chi connectivity index (χ2v) is 10.3. The first-order valence-corrected chi connectivity index (χ1v) is 11.6. The van der Waals surface area contributed by atoms with Crippen molar-refractivity contribution in [2.75, 3.05) is 13.2 Å². The van der Waals surface area contributed by atoms with E-state index in [0.29, 0.717) is 8.67 Å². The number of hydrogen-bond donors (Lipinski definition) is 0. The normalized spacial score (nSPS) is 14.0. The van der Waals surface area contributed by atoms with Crippen LogP contribution in [0.15, 0.2) is 40.6 Å². The molecule has 4 nitrogen and oxygen atoms in total. The van der Waals surface area contributed by atoms with Crippen LogP contribution in [0.5, 0.6) is 0 Å². The molecule has 1 atom stereocenters. The topological polar surface area (TPSA) is 52.6 Å². The number of hydrogen-bond acceptors (Lipinski definition) is 4. The third-order valence-electron chi connectivity index (χ3n) is 2.89. The summed E-state index contributed by atoms with van der Waals surface area (Å²) in [5, 5.41) is 0. The van der Waals surface area contributed by atoms with Gasteiger partial charge in [-0.15, -0.1) is 0 Å². The molecule has 0 fully saturated rings. The van der Waals surface area contributed by atoms with Crippen LogP contribution < -0.4 is 4.46 Å². The van der Waals surface area contributed by atoms with Crippen LogP contribution in [0.4, 0.5) is 0 Å². The van der Waals surface area contributed by atoms with Gasteiger partial charge in [-0.25, -0.2) is 0 Å². The number of allylic oxidation sites excluding steroid dienone is 1. The summed E-state index contributed by atoms with van der Waals surface area (Å²) in [5.41, 5.74) is 0. The van der Waals surface area contributed by atoms with E-state index in [-0.39, 0.29) is 13.2 Å². The maximum atomic E-state index is 13.0. The summed E-state index contributed by atoms with van der Waals surface area (Å²) in [4.78, 5) is 0. The van der Waals surface area contributed by atoms with Crippen molar-refractivity contribution in [2.45, 2.75) is 40.0 Å². The SMILES string of the molecule is CCCC/C=C(\[Se](=O)c1ccccc1)P(=O)(OCC)OCC. The summed E-state index contributed by atoms with van der Waals surface area (Å²) in [6.07, 6.45) is 4.51. The molecule has 0 aliphatic heterocycles. The van der Waals surface area contributed by atoms with Crippen LogP contribution in [0, 0.1) is 0 Å². The van der Waals surface area contributed by atoms with E-state index >= 15 is 0 Å². The van der Waals surface area contributed by atoms with Crippen LogP contribution in [0.1, 0.15) is 40.0 Å². The zero-order valence-corrected chi connectivity index (χ0v) is 16.1. The van der Waals surface area contributed by atoms with E-state index < -0.39 is 21.4 Å². The molecule has 1 rings (SSSR count). The summed E-state index contributed by atoms with van der Waals surface area (Å²) in [5.74, 6) is 0. The molecular weight excluding hydrogens is 366 g/mol. The van der Waals surface area contributed by atoms with Crippen LogP contribution in [-0.4, -0.2) is 27.0 Å². The van der Waals surface area contributed by atoms with Crippen molar-refractivity contribution in [1.82, 2.24) is 0 Å². The fraction of sp³-hybridized carbons (Fsp3) is 0.500. The van der Waals surface area contributed by atoms with Crippen molar-refractivity contribution >= 4 is 25.9 Å². The summed E-state index contributed by atoms with van der Waals surface area (Å²) in [6, 6.07) is 9.13. The first-order chi connectivity index (χ1) is 10.6. The molecule has 0 aliphatic rings. The predicted octanol–water partition coefficient (Wildman–Crippen LogP) is 4.20. The summed E-state index contributed by atoms with van der Waals surface area (Å²) in [6.45, 7) is 6.13. The van der Waals surface area contributed by atoms with Crippen LogP contribution >= 0.6 is 7.60 Å². The quantitative estimate of drug-likeness (QED) is 0.341. The van der Waals surface area contributed by atoms with E-state index in [1.54, 1.807) is 32.1 Å². The second-order valence-electron chi connectivity index (χ2n) is 4.60. The van der Waals surface area contributed by atoms with Crippen LogP contribution in [0.3, 0.4) is 0 Å². The first-order valence-electron chi connectivity index (χ1n) is 7.65. The average Bonchev–Trinajstić information content (AvgIpc) is 2.52. The van der Waals surface area contributed by atoms with Gasteiger partial charge in [0.2, 0.25) is 0 Å². The molecule has 0 heterocycles. The van der Waals surface area contributed by atoms with E-state index in [0.717, 1.165) is 19.3 Å². The molecule has 0 spiro atoms. The fourth-order valence-electron chi connectivity index (χ4n) is 1.89. The molecule has 0 saturated carbocycles. The Labute approximate surface area is 137 Å². The van der Waals surface area contributed by atoms with Crippen LogP contribution in [0.25, 0.3) is 0 Å². The van der Waals surface area contributed by atoms with Crippen LogP contribution in [-0.2, 0) is 17.4 Å². The zero-order valence-electron chi connectivity index (χ0n) is 13.5. The second kappa shape index (κ2) is 10.3. The van der Waals surface area contributed by atoms with Crippen molar-refractivity contribution < 1.29 is 17.4 Å². The molecule has 22 heavy (non-hydrogen) atoms. The molecule has 0 radical (unpaired) electrons. The third kappa shape index (κ3) is 5.57. The van der Waals surface area contributed by atoms with E-state index in [1.165, 1.54) is 0 Å². The van der Waals surface area contributed by atoms with Crippen molar-refractivity contribution in [1.29, 1.82) is 0 Å². The molecule has 1 unspecified atom stereocenters. The Morgan fingerprint density at radius 3 is 2.23 bits per heavy atom. The number of rotatable bonds is 10. The number of unbranched alkanes of at least 4 members (excludes halogenated alkanes) is 2. The van der Waals surface area contributed by atoms with Gasteiger partial charge in [0.25, 0.3) is 0 Å². The van der Waals surface area contributed by atoms with Gasteiger partial charge >= 0.3 is 137 Å². The molecule has 1 aromatic rings. The zero-order chi connectivity index (χ0) is 16.4.